The van der Waals surface area contributed by atoms with Gasteiger partial charge in [-0.05, 0) is 34.1 Å². The van der Waals surface area contributed by atoms with E-state index in [4.69, 9.17) is 15.1 Å². The molecule has 19 heavy (non-hydrogen) atoms. The molecule has 0 atom stereocenters. The Labute approximate surface area is 118 Å². The Morgan fingerprint density at radius 2 is 2.21 bits per heavy atom. The molecule has 1 aromatic rings. The molecule has 0 heterocycles. The van der Waals surface area contributed by atoms with Crippen molar-refractivity contribution < 1.29 is 19.4 Å². The average molecular weight is 327 g/mol. The Morgan fingerprint density at radius 1 is 1.47 bits per heavy atom. The molecule has 0 radical (unpaired) electrons. The number of carbonyl (C=O) groups excluding carboxylic acids is 1. The highest BCUT2D eigenvalue weighted by Gasteiger charge is 2.10. The summed E-state index contributed by atoms with van der Waals surface area (Å²) in [7, 11) is 0. The Bertz CT molecular complexity index is 525. The topological polar surface area (TPSA) is 99.4 Å². The number of carbonyl (C=O) groups is 2. The molecule has 0 aliphatic rings. The van der Waals surface area contributed by atoms with Gasteiger partial charge in [-0.3, -0.25) is 4.79 Å². The molecule has 7 heteroatoms. The summed E-state index contributed by atoms with van der Waals surface area (Å²) in [6.07, 6.45) is 0.229. The highest BCUT2D eigenvalue weighted by Crippen LogP contribution is 2.22. The van der Waals surface area contributed by atoms with Crippen molar-refractivity contribution >= 4 is 27.8 Å². The van der Waals surface area contributed by atoms with Crippen LogP contribution in [0.5, 0.6) is 5.75 Å². The average Bonchev–Trinajstić information content (AvgIpc) is 2.37. The summed E-state index contributed by atoms with van der Waals surface area (Å²) in [6, 6.07) is 6.31. The van der Waals surface area contributed by atoms with Crippen LogP contribution in [0.15, 0.2) is 22.7 Å². The van der Waals surface area contributed by atoms with Crippen molar-refractivity contribution in [2.75, 3.05) is 13.2 Å². The fraction of sp³-hybridized carbons (Fsp3) is 0.250. The molecule has 0 saturated heterocycles. The minimum Gasteiger partial charge on any atom is -0.484 e. The largest absolute Gasteiger partial charge is 0.484 e. The van der Waals surface area contributed by atoms with Gasteiger partial charge >= 0.3 is 5.97 Å². The number of benzene rings is 1. The first-order valence-electron chi connectivity index (χ1n) is 5.34. The fourth-order valence-electron chi connectivity index (χ4n) is 1.22. The van der Waals surface area contributed by atoms with E-state index < -0.39 is 5.97 Å². The molecule has 0 fully saturated rings. The number of rotatable bonds is 6. The van der Waals surface area contributed by atoms with Crippen molar-refractivity contribution in [2.45, 2.75) is 6.42 Å². The number of nitrogens with one attached hydrogen (secondary N) is 1. The second kappa shape index (κ2) is 7.38. The quantitative estimate of drug-likeness (QED) is 0.773. The van der Waals surface area contributed by atoms with Crippen molar-refractivity contribution in [3.05, 3.63) is 28.2 Å². The van der Waals surface area contributed by atoms with Gasteiger partial charge < -0.3 is 15.2 Å². The van der Waals surface area contributed by atoms with Crippen LogP contribution in [0.4, 0.5) is 0 Å². The van der Waals surface area contributed by atoms with Crippen LogP contribution in [-0.4, -0.2) is 30.1 Å². The van der Waals surface area contributed by atoms with Crippen molar-refractivity contribution in [3.8, 4) is 11.8 Å². The Balaban J connectivity index is 2.54. The molecular weight excluding hydrogens is 316 g/mol. The van der Waals surface area contributed by atoms with Crippen LogP contribution >= 0.6 is 15.9 Å². The molecule has 1 aromatic carbocycles. The predicted octanol–water partition coefficient (Wildman–Crippen LogP) is 1.56. The number of hydrogen-bond acceptors (Lipinski definition) is 4. The van der Waals surface area contributed by atoms with Crippen LogP contribution in [0, 0.1) is 11.3 Å². The maximum Gasteiger partial charge on any atom is 0.336 e. The molecule has 1 rings (SSSR count). The highest BCUT2D eigenvalue weighted by molar-refractivity contribution is 9.10. The van der Waals surface area contributed by atoms with E-state index in [1.807, 2.05) is 6.07 Å². The van der Waals surface area contributed by atoms with Gasteiger partial charge in [-0.2, -0.15) is 5.26 Å². The summed E-state index contributed by atoms with van der Waals surface area (Å²) < 4.78 is 5.60. The zero-order chi connectivity index (χ0) is 14.3. The minimum atomic E-state index is -1.09. The smallest absolute Gasteiger partial charge is 0.336 e. The van der Waals surface area contributed by atoms with Gasteiger partial charge in [-0.25, -0.2) is 4.79 Å². The lowest BCUT2D eigenvalue weighted by Crippen LogP contribution is -2.29. The normalized spacial score (nSPS) is 9.47. The molecule has 0 bridgehead atoms. The number of amides is 1. The van der Waals surface area contributed by atoms with Gasteiger partial charge in [0.1, 0.15) is 5.75 Å². The zero-order valence-electron chi connectivity index (χ0n) is 9.85. The number of nitriles is 1. The highest BCUT2D eigenvalue weighted by atomic mass is 79.9. The lowest BCUT2D eigenvalue weighted by molar-refractivity contribution is -0.123. The van der Waals surface area contributed by atoms with Gasteiger partial charge in [-0.1, -0.05) is 0 Å². The zero-order valence-corrected chi connectivity index (χ0v) is 11.4. The first-order valence-corrected chi connectivity index (χ1v) is 6.13. The van der Waals surface area contributed by atoms with E-state index in [1.54, 1.807) is 6.07 Å². The Morgan fingerprint density at radius 3 is 2.84 bits per heavy atom. The summed E-state index contributed by atoms with van der Waals surface area (Å²) >= 11 is 3.11. The molecule has 6 nitrogen and oxygen atoms in total. The van der Waals surface area contributed by atoms with Gasteiger partial charge in [0.25, 0.3) is 5.91 Å². The summed E-state index contributed by atoms with van der Waals surface area (Å²) in [6.45, 7) is 0.0333. The summed E-state index contributed by atoms with van der Waals surface area (Å²) in [5.41, 5.74) is 0.0578. The van der Waals surface area contributed by atoms with Crippen molar-refractivity contribution in [2.24, 2.45) is 0 Å². The summed E-state index contributed by atoms with van der Waals surface area (Å²) in [5.74, 6) is -1.16. The molecule has 2 N–H and O–H groups in total. The number of aromatic carboxylic acids is 1. The molecule has 0 aliphatic heterocycles. The number of carboxylic acids is 1. The van der Waals surface area contributed by atoms with E-state index in [0.717, 1.165) is 0 Å². The van der Waals surface area contributed by atoms with E-state index in [9.17, 15) is 9.59 Å². The van der Waals surface area contributed by atoms with Gasteiger partial charge in [0.15, 0.2) is 6.61 Å². The van der Waals surface area contributed by atoms with Crippen LogP contribution < -0.4 is 10.1 Å². The maximum absolute atomic E-state index is 11.3. The molecule has 0 spiro atoms. The minimum absolute atomic E-state index is 0.0578. The number of carboxylic acid groups (broad SMARTS) is 1. The predicted molar refractivity (Wildman–Crippen MR) is 69.8 cm³/mol. The standard InChI is InChI=1S/C12H11BrN2O4/c13-10-3-2-8(6-9(10)12(17)18)19-7-11(16)15-5-1-4-14/h2-3,6H,1,5,7H2,(H,15,16)(H,17,18). The molecule has 0 unspecified atom stereocenters. The van der Waals surface area contributed by atoms with E-state index in [2.05, 4.69) is 21.2 Å². The lowest BCUT2D eigenvalue weighted by Gasteiger charge is -2.08. The molecular formula is C12H11BrN2O4. The van der Waals surface area contributed by atoms with Gasteiger partial charge in [0, 0.05) is 11.0 Å². The number of hydrogen-bond donors (Lipinski definition) is 2. The van der Waals surface area contributed by atoms with E-state index in [0.29, 0.717) is 4.47 Å². The summed E-state index contributed by atoms with van der Waals surface area (Å²) in [4.78, 5) is 22.2. The number of halogens is 1. The second-order valence-corrected chi connectivity index (χ2v) is 4.35. The van der Waals surface area contributed by atoms with Crippen LogP contribution in [0.3, 0.4) is 0 Å². The van der Waals surface area contributed by atoms with Crippen LogP contribution in [-0.2, 0) is 4.79 Å². The third-order valence-corrected chi connectivity index (χ3v) is 2.79. The van der Waals surface area contributed by atoms with Gasteiger partial charge in [0.2, 0.25) is 0 Å². The maximum atomic E-state index is 11.3. The van der Waals surface area contributed by atoms with Crippen molar-refractivity contribution in [1.29, 1.82) is 5.26 Å². The first-order chi connectivity index (χ1) is 9.04. The van der Waals surface area contributed by atoms with E-state index in [1.165, 1.54) is 12.1 Å². The number of nitrogens with zero attached hydrogens (tertiary/aromatic N) is 1. The fourth-order valence-corrected chi connectivity index (χ4v) is 1.63. The molecule has 1 amide bonds. The van der Waals surface area contributed by atoms with Crippen LogP contribution in [0.25, 0.3) is 0 Å². The SMILES string of the molecule is N#CCCNC(=O)COc1ccc(Br)c(C(=O)O)c1. The van der Waals surface area contributed by atoms with E-state index in [-0.39, 0.29) is 36.8 Å². The van der Waals surface area contributed by atoms with Crippen LogP contribution in [0.2, 0.25) is 0 Å². The van der Waals surface area contributed by atoms with Gasteiger partial charge in [0.05, 0.1) is 18.1 Å². The molecule has 100 valence electrons. The van der Waals surface area contributed by atoms with Gasteiger partial charge in [-0.15, -0.1) is 0 Å². The lowest BCUT2D eigenvalue weighted by atomic mass is 10.2. The Kier molecular flexibility index (Phi) is 5.82. The molecule has 0 saturated carbocycles. The van der Waals surface area contributed by atoms with E-state index >= 15 is 0 Å². The monoisotopic (exact) mass is 326 g/mol. The van der Waals surface area contributed by atoms with Crippen LogP contribution in [0.1, 0.15) is 16.8 Å². The first kappa shape index (κ1) is 15.0. The third kappa shape index (κ3) is 4.97. The second-order valence-electron chi connectivity index (χ2n) is 3.49. The number of ether oxygens (including phenoxy) is 1. The summed E-state index contributed by atoms with van der Waals surface area (Å²) in [5, 5.41) is 19.7. The van der Waals surface area contributed by atoms with Crippen molar-refractivity contribution in [1.82, 2.24) is 5.32 Å². The van der Waals surface area contributed by atoms with Crippen molar-refractivity contribution in [3.63, 3.8) is 0 Å². The molecule has 0 aliphatic carbocycles. The Hall–Kier alpha value is -2.07. The third-order valence-electron chi connectivity index (χ3n) is 2.10. The molecule has 0 aromatic heterocycles.